The van der Waals surface area contributed by atoms with Gasteiger partial charge in [0, 0.05) is 30.5 Å². The topological polar surface area (TPSA) is 70.1 Å². The van der Waals surface area contributed by atoms with E-state index in [4.69, 9.17) is 0 Å². The molecule has 1 aliphatic rings. The van der Waals surface area contributed by atoms with Crippen LogP contribution in [0.4, 0.5) is 16.5 Å². The van der Waals surface area contributed by atoms with Gasteiger partial charge in [-0.3, -0.25) is 4.79 Å². The van der Waals surface area contributed by atoms with Crippen LogP contribution in [0.25, 0.3) is 0 Å². The Hall–Kier alpha value is -1.80. The number of rotatable bonds is 8. The van der Waals surface area contributed by atoms with Gasteiger partial charge in [-0.15, -0.1) is 10.2 Å². The SMILES string of the molecule is CC[C@H](C)Nc1nnc(S[C@H](C)C(=O)Nc2ccc(N3CCCCC3)cc2)s1. The molecule has 8 heteroatoms. The molecule has 0 unspecified atom stereocenters. The molecular weight excluding hydrogens is 390 g/mol. The normalized spacial score (nSPS) is 16.5. The molecule has 2 atom stereocenters. The lowest BCUT2D eigenvalue weighted by Crippen LogP contribution is -2.29. The summed E-state index contributed by atoms with van der Waals surface area (Å²) in [6.07, 6.45) is 4.86. The summed E-state index contributed by atoms with van der Waals surface area (Å²) in [6.45, 7) is 8.37. The number of nitrogens with one attached hydrogen (secondary N) is 2. The molecule has 0 radical (unpaired) electrons. The Morgan fingerprint density at radius 2 is 1.89 bits per heavy atom. The van der Waals surface area contributed by atoms with Crippen LogP contribution in [0.5, 0.6) is 0 Å². The molecule has 1 aromatic carbocycles. The van der Waals surface area contributed by atoms with Crippen LogP contribution in [0.15, 0.2) is 28.6 Å². The number of carbonyl (C=O) groups is 1. The maximum Gasteiger partial charge on any atom is 0.237 e. The molecule has 1 amide bonds. The van der Waals surface area contributed by atoms with Crippen molar-refractivity contribution in [2.75, 3.05) is 28.6 Å². The third-order valence-corrected chi connectivity index (χ3v) is 6.93. The number of hydrogen-bond acceptors (Lipinski definition) is 7. The van der Waals surface area contributed by atoms with Crippen molar-refractivity contribution in [3.8, 4) is 0 Å². The van der Waals surface area contributed by atoms with Crippen LogP contribution >= 0.6 is 23.1 Å². The number of nitrogens with zero attached hydrogens (tertiary/aromatic N) is 3. The lowest BCUT2D eigenvalue weighted by molar-refractivity contribution is -0.115. The molecule has 0 aliphatic carbocycles. The van der Waals surface area contributed by atoms with E-state index < -0.39 is 0 Å². The Bertz CT molecular complexity index is 758. The van der Waals surface area contributed by atoms with E-state index in [2.05, 4.69) is 51.7 Å². The van der Waals surface area contributed by atoms with E-state index in [9.17, 15) is 4.79 Å². The summed E-state index contributed by atoms with van der Waals surface area (Å²) in [5, 5.41) is 15.2. The van der Waals surface area contributed by atoms with Crippen molar-refractivity contribution in [2.45, 2.75) is 62.1 Å². The zero-order valence-electron chi connectivity index (χ0n) is 16.8. The fourth-order valence-electron chi connectivity index (χ4n) is 2.98. The van der Waals surface area contributed by atoms with Crippen molar-refractivity contribution in [1.29, 1.82) is 0 Å². The van der Waals surface area contributed by atoms with Gasteiger partial charge in [-0.2, -0.15) is 0 Å². The first-order valence-corrected chi connectivity index (χ1v) is 11.7. The van der Waals surface area contributed by atoms with Crippen LogP contribution < -0.4 is 15.5 Å². The van der Waals surface area contributed by atoms with E-state index in [1.54, 1.807) is 0 Å². The molecule has 1 aliphatic heterocycles. The minimum atomic E-state index is -0.244. The Morgan fingerprint density at radius 1 is 1.18 bits per heavy atom. The minimum Gasteiger partial charge on any atom is -0.372 e. The Labute approximate surface area is 175 Å². The van der Waals surface area contributed by atoms with Crippen molar-refractivity contribution in [3.63, 3.8) is 0 Å². The molecule has 2 aromatic rings. The van der Waals surface area contributed by atoms with Gasteiger partial charge in [-0.1, -0.05) is 30.0 Å². The number of hydrogen-bond donors (Lipinski definition) is 2. The fourth-order valence-corrected chi connectivity index (χ4v) is 4.99. The Kier molecular flexibility index (Phi) is 7.56. The second-order valence-corrected chi connectivity index (χ2v) is 9.74. The summed E-state index contributed by atoms with van der Waals surface area (Å²) in [6, 6.07) is 8.52. The van der Waals surface area contributed by atoms with Crippen LogP contribution in [0.3, 0.4) is 0 Å². The summed E-state index contributed by atoms with van der Waals surface area (Å²) in [5.41, 5.74) is 2.06. The van der Waals surface area contributed by atoms with Crippen LogP contribution in [0.2, 0.25) is 0 Å². The van der Waals surface area contributed by atoms with Gasteiger partial charge < -0.3 is 15.5 Å². The monoisotopic (exact) mass is 419 g/mol. The molecule has 0 spiro atoms. The number of anilines is 3. The van der Waals surface area contributed by atoms with Gasteiger partial charge in [-0.25, -0.2) is 0 Å². The van der Waals surface area contributed by atoms with E-state index >= 15 is 0 Å². The number of carbonyl (C=O) groups excluding carboxylic acids is 1. The number of thioether (sulfide) groups is 1. The fraction of sp³-hybridized carbons (Fsp3) is 0.550. The highest BCUT2D eigenvalue weighted by molar-refractivity contribution is 8.02. The molecule has 2 heterocycles. The van der Waals surface area contributed by atoms with E-state index in [1.807, 2.05) is 19.1 Å². The molecule has 1 saturated heterocycles. The van der Waals surface area contributed by atoms with Crippen molar-refractivity contribution in [1.82, 2.24) is 10.2 Å². The molecule has 152 valence electrons. The van der Waals surface area contributed by atoms with E-state index in [1.165, 1.54) is 48.0 Å². The van der Waals surface area contributed by atoms with Gasteiger partial charge in [0.25, 0.3) is 0 Å². The number of benzene rings is 1. The highest BCUT2D eigenvalue weighted by Gasteiger charge is 2.18. The van der Waals surface area contributed by atoms with Gasteiger partial charge >= 0.3 is 0 Å². The molecule has 0 saturated carbocycles. The van der Waals surface area contributed by atoms with Crippen LogP contribution in [-0.2, 0) is 4.79 Å². The zero-order chi connectivity index (χ0) is 19.9. The van der Waals surface area contributed by atoms with Crippen molar-refractivity contribution >= 4 is 45.5 Å². The van der Waals surface area contributed by atoms with Crippen LogP contribution in [0.1, 0.15) is 46.5 Å². The molecule has 0 bridgehead atoms. The molecule has 1 fully saturated rings. The summed E-state index contributed by atoms with van der Waals surface area (Å²) < 4.78 is 0.800. The van der Waals surface area contributed by atoms with Gasteiger partial charge in [0.1, 0.15) is 0 Å². The average molecular weight is 420 g/mol. The summed E-state index contributed by atoms with van der Waals surface area (Å²) >= 11 is 2.93. The average Bonchev–Trinajstić information content (AvgIpc) is 3.15. The lowest BCUT2D eigenvalue weighted by Gasteiger charge is -2.28. The molecule has 6 nitrogen and oxygen atoms in total. The van der Waals surface area contributed by atoms with Gasteiger partial charge in [0.15, 0.2) is 4.34 Å². The summed E-state index contributed by atoms with van der Waals surface area (Å²) in [7, 11) is 0. The Balaban J connectivity index is 1.51. The van der Waals surface area contributed by atoms with Gasteiger partial charge in [-0.05, 0) is 63.8 Å². The third kappa shape index (κ3) is 5.85. The maximum absolute atomic E-state index is 12.5. The first-order chi connectivity index (χ1) is 13.5. The van der Waals surface area contributed by atoms with Gasteiger partial charge in [0.05, 0.1) is 5.25 Å². The highest BCUT2D eigenvalue weighted by atomic mass is 32.2. The second kappa shape index (κ2) is 10.1. The molecular formula is C20H29N5OS2. The highest BCUT2D eigenvalue weighted by Crippen LogP contribution is 2.30. The van der Waals surface area contributed by atoms with Crippen molar-refractivity contribution in [3.05, 3.63) is 24.3 Å². The second-order valence-electron chi connectivity index (χ2n) is 7.17. The number of aromatic nitrogens is 2. The first kappa shape index (κ1) is 20.9. The van der Waals surface area contributed by atoms with Crippen LogP contribution in [-0.4, -0.2) is 40.5 Å². The quantitative estimate of drug-likeness (QED) is 0.596. The van der Waals surface area contributed by atoms with Crippen LogP contribution in [0, 0.1) is 0 Å². The zero-order valence-corrected chi connectivity index (χ0v) is 18.4. The van der Waals surface area contributed by atoms with Crippen molar-refractivity contribution < 1.29 is 4.79 Å². The summed E-state index contributed by atoms with van der Waals surface area (Å²) in [5.74, 6) is -0.0256. The predicted molar refractivity (Wildman–Crippen MR) is 120 cm³/mol. The standard InChI is InChI=1S/C20H29N5OS2/c1-4-14(2)21-19-23-24-20(28-19)27-15(3)18(26)22-16-8-10-17(11-9-16)25-12-6-5-7-13-25/h8-11,14-15H,4-7,12-13H2,1-3H3,(H,21,23)(H,22,26)/t14-,15+/m0/s1. The third-order valence-electron chi connectivity index (χ3n) is 4.89. The largest absolute Gasteiger partial charge is 0.372 e. The smallest absolute Gasteiger partial charge is 0.237 e. The Morgan fingerprint density at radius 3 is 2.57 bits per heavy atom. The number of amides is 1. The molecule has 3 rings (SSSR count). The molecule has 1 aromatic heterocycles. The van der Waals surface area contributed by atoms with Gasteiger partial charge in [0.2, 0.25) is 11.0 Å². The van der Waals surface area contributed by atoms with E-state index in [-0.39, 0.29) is 11.2 Å². The van der Waals surface area contributed by atoms with E-state index in [0.29, 0.717) is 6.04 Å². The van der Waals surface area contributed by atoms with E-state index in [0.717, 1.165) is 34.7 Å². The lowest BCUT2D eigenvalue weighted by atomic mass is 10.1. The number of piperidine rings is 1. The molecule has 28 heavy (non-hydrogen) atoms. The first-order valence-electron chi connectivity index (χ1n) is 9.97. The predicted octanol–water partition coefficient (Wildman–Crippen LogP) is 4.86. The minimum absolute atomic E-state index is 0.0256. The summed E-state index contributed by atoms with van der Waals surface area (Å²) in [4.78, 5) is 14.9. The maximum atomic E-state index is 12.5. The van der Waals surface area contributed by atoms with Crippen molar-refractivity contribution in [2.24, 2.45) is 0 Å². The molecule has 2 N–H and O–H groups in total.